The first-order valence-electron chi connectivity index (χ1n) is 27.9. The first kappa shape index (κ1) is 61.8. The maximum Gasteiger partial charge on any atom is 0.306 e. The molecule has 0 radical (unpaired) electrons. The molecular weight excluding hydrogens is 791 g/mol. The Labute approximate surface area is 397 Å². The summed E-state index contributed by atoms with van der Waals surface area (Å²) in [6.07, 6.45) is 63.1. The summed E-state index contributed by atoms with van der Waals surface area (Å²) < 4.78 is 5.95. The molecule has 0 aliphatic rings. The number of aliphatic hydroxyl groups is 2. The van der Waals surface area contributed by atoms with Crippen LogP contribution in [-0.4, -0.2) is 46.9 Å². The molecule has 64 heavy (non-hydrogen) atoms. The number of carbonyl (C=O) groups excluding carboxylic acids is 2. The molecule has 0 saturated carbocycles. The van der Waals surface area contributed by atoms with Gasteiger partial charge in [-0.1, -0.05) is 230 Å². The molecule has 6 heteroatoms. The first-order chi connectivity index (χ1) is 31.5. The van der Waals surface area contributed by atoms with E-state index in [1.807, 2.05) is 0 Å². The van der Waals surface area contributed by atoms with E-state index >= 15 is 0 Å². The molecule has 1 amide bonds. The summed E-state index contributed by atoms with van der Waals surface area (Å²) in [5.74, 6) is -0.488. The van der Waals surface area contributed by atoms with Crippen molar-refractivity contribution in [3.05, 3.63) is 48.6 Å². The van der Waals surface area contributed by atoms with Crippen LogP contribution in [0, 0.1) is 0 Å². The van der Waals surface area contributed by atoms with Crippen LogP contribution in [0.3, 0.4) is 0 Å². The van der Waals surface area contributed by atoms with Gasteiger partial charge in [-0.05, 0) is 89.9 Å². The van der Waals surface area contributed by atoms with Gasteiger partial charge in [0.05, 0.1) is 25.2 Å². The highest BCUT2D eigenvalue weighted by Gasteiger charge is 2.24. The minimum absolute atomic E-state index is 0.0660. The number of carbonyl (C=O) groups is 2. The first-order valence-corrected chi connectivity index (χ1v) is 27.9. The van der Waals surface area contributed by atoms with Crippen LogP contribution in [0.15, 0.2) is 48.6 Å². The predicted octanol–water partition coefficient (Wildman–Crippen LogP) is 17.0. The minimum atomic E-state index is -0.793. The molecule has 3 N–H and O–H groups in total. The summed E-state index contributed by atoms with van der Waals surface area (Å²) >= 11 is 0. The maximum absolute atomic E-state index is 13.2. The van der Waals surface area contributed by atoms with Crippen LogP contribution in [0.5, 0.6) is 0 Å². The van der Waals surface area contributed by atoms with Crippen molar-refractivity contribution in [2.45, 2.75) is 302 Å². The van der Waals surface area contributed by atoms with Gasteiger partial charge >= 0.3 is 5.97 Å². The van der Waals surface area contributed by atoms with Crippen molar-refractivity contribution in [3.63, 3.8) is 0 Å². The summed E-state index contributed by atoms with van der Waals surface area (Å²) in [7, 11) is 0. The number of hydrogen-bond donors (Lipinski definition) is 3. The Kier molecular flexibility index (Phi) is 50.0. The molecule has 0 aromatic carbocycles. The van der Waals surface area contributed by atoms with Gasteiger partial charge in [0.25, 0.3) is 0 Å². The van der Waals surface area contributed by atoms with Gasteiger partial charge in [-0.15, -0.1) is 0 Å². The monoisotopic (exact) mass is 898 g/mol. The molecule has 0 aliphatic carbocycles. The molecular formula is C58H107NO5. The number of aliphatic hydroxyl groups excluding tert-OH is 2. The number of ether oxygens (including phenoxy) is 1. The van der Waals surface area contributed by atoms with E-state index in [0.717, 1.165) is 83.5 Å². The van der Waals surface area contributed by atoms with Crippen molar-refractivity contribution in [2.75, 3.05) is 6.61 Å². The number of esters is 1. The summed E-state index contributed by atoms with van der Waals surface area (Å²) in [4.78, 5) is 26.2. The van der Waals surface area contributed by atoms with E-state index < -0.39 is 18.2 Å². The van der Waals surface area contributed by atoms with Crippen LogP contribution >= 0.6 is 0 Å². The Morgan fingerprint density at radius 2 is 0.797 bits per heavy atom. The second-order valence-corrected chi connectivity index (χ2v) is 19.0. The highest BCUT2D eigenvalue weighted by molar-refractivity contribution is 5.77. The molecule has 6 nitrogen and oxygen atoms in total. The topological polar surface area (TPSA) is 95.9 Å². The van der Waals surface area contributed by atoms with Gasteiger partial charge in [-0.25, -0.2) is 0 Å². The smallest absolute Gasteiger partial charge is 0.306 e. The average Bonchev–Trinajstić information content (AvgIpc) is 3.29. The minimum Gasteiger partial charge on any atom is -0.462 e. The fourth-order valence-corrected chi connectivity index (χ4v) is 8.37. The third kappa shape index (κ3) is 46.4. The van der Waals surface area contributed by atoms with Crippen molar-refractivity contribution in [1.29, 1.82) is 0 Å². The Balaban J connectivity index is 4.59. The zero-order valence-corrected chi connectivity index (χ0v) is 42.7. The Morgan fingerprint density at radius 3 is 1.22 bits per heavy atom. The van der Waals surface area contributed by atoms with E-state index in [2.05, 4.69) is 74.7 Å². The molecule has 374 valence electrons. The molecule has 0 fully saturated rings. The SMILES string of the molecule is CCCCC/C=C\C/C=C\CCCCCCCCCC(=O)OC(CCCCCCC/C=C\C/C=C\CCCCC)CC(=O)NC(CO)C(O)CCCCCCCCCCCCCCC. The summed E-state index contributed by atoms with van der Waals surface area (Å²) in [5.41, 5.74) is 0. The van der Waals surface area contributed by atoms with Gasteiger partial charge in [0.15, 0.2) is 0 Å². The van der Waals surface area contributed by atoms with Crippen LogP contribution < -0.4 is 5.32 Å². The Bertz CT molecular complexity index is 1100. The number of allylic oxidation sites excluding steroid dienone is 8. The molecule has 0 heterocycles. The van der Waals surface area contributed by atoms with Crippen LogP contribution in [0.1, 0.15) is 284 Å². The second-order valence-electron chi connectivity index (χ2n) is 19.0. The highest BCUT2D eigenvalue weighted by atomic mass is 16.5. The zero-order chi connectivity index (χ0) is 46.7. The Hall–Kier alpha value is -2.18. The molecule has 3 atom stereocenters. The number of unbranched alkanes of at least 4 members (excludes halogenated alkanes) is 30. The van der Waals surface area contributed by atoms with Crippen LogP contribution in [-0.2, 0) is 14.3 Å². The van der Waals surface area contributed by atoms with E-state index in [4.69, 9.17) is 4.74 Å². The second kappa shape index (κ2) is 51.8. The summed E-state index contributed by atoms with van der Waals surface area (Å²) in [6.45, 7) is 6.45. The van der Waals surface area contributed by atoms with E-state index in [1.165, 1.54) is 154 Å². The van der Waals surface area contributed by atoms with Gasteiger partial charge in [0, 0.05) is 6.42 Å². The lowest BCUT2D eigenvalue weighted by Crippen LogP contribution is -2.46. The molecule has 0 aromatic rings. The molecule has 0 spiro atoms. The van der Waals surface area contributed by atoms with E-state index in [0.29, 0.717) is 19.3 Å². The lowest BCUT2D eigenvalue weighted by Gasteiger charge is -2.24. The number of nitrogens with one attached hydrogen (secondary N) is 1. The zero-order valence-electron chi connectivity index (χ0n) is 42.7. The lowest BCUT2D eigenvalue weighted by atomic mass is 10.0. The molecule has 0 aliphatic heterocycles. The normalized spacial score (nSPS) is 13.5. The van der Waals surface area contributed by atoms with E-state index in [1.54, 1.807) is 0 Å². The van der Waals surface area contributed by atoms with Crippen molar-refractivity contribution in [1.82, 2.24) is 5.32 Å². The van der Waals surface area contributed by atoms with Crippen LogP contribution in [0.2, 0.25) is 0 Å². The standard InChI is InChI=1S/C58H107NO5/c1-4-7-10-13-16-19-22-25-27-28-30-33-36-39-42-45-48-51-58(63)64-54(49-46-43-40-37-34-32-29-26-23-20-17-14-11-8-5-2)52-57(62)59-55(53-60)56(61)50-47-44-41-38-35-31-24-21-18-15-12-9-6-3/h16-17,19-20,25-27,29,54-56,60-61H,4-15,18,21-24,28,30-53H2,1-3H3,(H,59,62)/b19-16-,20-17-,27-25-,29-26-. The van der Waals surface area contributed by atoms with Gasteiger partial charge in [-0.2, -0.15) is 0 Å². The van der Waals surface area contributed by atoms with Gasteiger partial charge in [0.2, 0.25) is 5.91 Å². The van der Waals surface area contributed by atoms with Crippen LogP contribution in [0.25, 0.3) is 0 Å². The number of rotatable bonds is 50. The van der Waals surface area contributed by atoms with Gasteiger partial charge in [0.1, 0.15) is 6.10 Å². The van der Waals surface area contributed by atoms with Crippen molar-refractivity contribution < 1.29 is 24.5 Å². The molecule has 0 rings (SSSR count). The molecule has 0 aromatic heterocycles. The summed E-state index contributed by atoms with van der Waals surface area (Å²) in [5, 5.41) is 23.8. The van der Waals surface area contributed by atoms with Crippen molar-refractivity contribution in [3.8, 4) is 0 Å². The summed E-state index contributed by atoms with van der Waals surface area (Å²) in [6, 6.07) is -0.708. The number of amides is 1. The van der Waals surface area contributed by atoms with E-state index in [-0.39, 0.29) is 24.9 Å². The third-order valence-corrected chi connectivity index (χ3v) is 12.6. The van der Waals surface area contributed by atoms with Crippen molar-refractivity contribution >= 4 is 11.9 Å². The van der Waals surface area contributed by atoms with Gasteiger partial charge in [-0.3, -0.25) is 9.59 Å². The quantitative estimate of drug-likeness (QED) is 0.0321. The molecule has 0 bridgehead atoms. The maximum atomic E-state index is 13.2. The third-order valence-electron chi connectivity index (χ3n) is 12.6. The van der Waals surface area contributed by atoms with Gasteiger partial charge < -0.3 is 20.3 Å². The number of hydrogen-bond acceptors (Lipinski definition) is 5. The van der Waals surface area contributed by atoms with Crippen LogP contribution in [0.4, 0.5) is 0 Å². The fraction of sp³-hybridized carbons (Fsp3) is 0.828. The highest BCUT2D eigenvalue weighted by Crippen LogP contribution is 2.18. The molecule has 0 saturated heterocycles. The fourth-order valence-electron chi connectivity index (χ4n) is 8.37. The molecule has 3 unspecified atom stereocenters. The predicted molar refractivity (Wildman–Crippen MR) is 278 cm³/mol. The average molecular weight is 898 g/mol. The largest absolute Gasteiger partial charge is 0.462 e. The lowest BCUT2D eigenvalue weighted by molar-refractivity contribution is -0.151. The van der Waals surface area contributed by atoms with Crippen molar-refractivity contribution in [2.24, 2.45) is 0 Å². The van der Waals surface area contributed by atoms with E-state index in [9.17, 15) is 19.8 Å². The Morgan fingerprint density at radius 1 is 0.453 bits per heavy atom.